The van der Waals surface area contributed by atoms with E-state index in [0.29, 0.717) is 6.54 Å². The minimum atomic E-state index is -4.66. The molecule has 3 rings (SSSR count). The zero-order valence-electron chi connectivity index (χ0n) is 11.4. The van der Waals surface area contributed by atoms with Crippen molar-refractivity contribution in [3.8, 4) is 0 Å². The summed E-state index contributed by atoms with van der Waals surface area (Å²) in [4.78, 5) is 10.8. The first kappa shape index (κ1) is 14.8. The van der Waals surface area contributed by atoms with Crippen molar-refractivity contribution < 1.29 is 13.2 Å². The van der Waals surface area contributed by atoms with Crippen LogP contribution in [0.15, 0.2) is 30.6 Å². The Hall–Kier alpha value is -2.15. The molecule has 0 unspecified atom stereocenters. The maximum Gasteiger partial charge on any atom is 0.451 e. The van der Waals surface area contributed by atoms with Gasteiger partial charge in [-0.2, -0.15) is 13.2 Å². The van der Waals surface area contributed by atoms with Gasteiger partial charge in [0, 0.05) is 0 Å². The molecule has 0 saturated carbocycles. The number of imidazole rings is 1. The number of nitrogens with zero attached hydrogens (tertiary/aromatic N) is 4. The fourth-order valence-corrected chi connectivity index (χ4v) is 2.26. The number of hydrogen-bond acceptors (Lipinski definition) is 3. The molecule has 0 atom stereocenters. The number of benzene rings is 1. The van der Waals surface area contributed by atoms with Gasteiger partial charge >= 0.3 is 6.18 Å². The van der Waals surface area contributed by atoms with Gasteiger partial charge in [0.15, 0.2) is 10.8 Å². The summed E-state index contributed by atoms with van der Waals surface area (Å²) in [5.74, 6) is -1.27. The molecule has 0 saturated heterocycles. The van der Waals surface area contributed by atoms with E-state index in [1.54, 1.807) is 0 Å². The highest BCUT2D eigenvalue weighted by atomic mass is 35.5. The van der Waals surface area contributed by atoms with Crippen LogP contribution in [0.1, 0.15) is 17.0 Å². The monoisotopic (exact) mass is 326 g/mol. The smallest absolute Gasteiger partial charge is 0.311 e. The summed E-state index contributed by atoms with van der Waals surface area (Å²) in [6.07, 6.45) is -3.25. The normalized spacial score (nSPS) is 12.0. The molecule has 0 fully saturated rings. The van der Waals surface area contributed by atoms with Crippen molar-refractivity contribution in [2.45, 2.75) is 19.6 Å². The van der Waals surface area contributed by atoms with Gasteiger partial charge in [0.05, 0.1) is 12.9 Å². The van der Waals surface area contributed by atoms with Crippen LogP contribution in [-0.4, -0.2) is 19.5 Å². The van der Waals surface area contributed by atoms with E-state index in [2.05, 4.69) is 15.0 Å². The van der Waals surface area contributed by atoms with Crippen molar-refractivity contribution in [2.75, 3.05) is 0 Å². The van der Waals surface area contributed by atoms with Gasteiger partial charge in [0.1, 0.15) is 5.52 Å². The van der Waals surface area contributed by atoms with Crippen LogP contribution in [0.5, 0.6) is 0 Å². The molecule has 8 heteroatoms. The first-order valence-electron chi connectivity index (χ1n) is 6.36. The van der Waals surface area contributed by atoms with Crippen LogP contribution in [0, 0.1) is 6.92 Å². The van der Waals surface area contributed by atoms with E-state index in [4.69, 9.17) is 11.6 Å². The number of aryl methyl sites for hydroxylation is 1. The lowest BCUT2D eigenvalue weighted by Crippen LogP contribution is -2.12. The molecule has 22 heavy (non-hydrogen) atoms. The topological polar surface area (TPSA) is 43.6 Å². The van der Waals surface area contributed by atoms with Crippen molar-refractivity contribution in [2.24, 2.45) is 0 Å². The third-order valence-corrected chi connectivity index (χ3v) is 3.41. The van der Waals surface area contributed by atoms with Crippen LogP contribution < -0.4 is 0 Å². The molecule has 0 aliphatic carbocycles. The van der Waals surface area contributed by atoms with Crippen LogP contribution in [0.25, 0.3) is 11.2 Å². The fourth-order valence-electron chi connectivity index (χ4n) is 2.04. The molecule has 3 aromatic rings. The first-order chi connectivity index (χ1) is 10.3. The number of alkyl halides is 3. The summed E-state index contributed by atoms with van der Waals surface area (Å²) >= 11 is 5.78. The van der Waals surface area contributed by atoms with Gasteiger partial charge < -0.3 is 4.57 Å². The second-order valence-corrected chi connectivity index (χ2v) is 5.22. The average molecular weight is 327 g/mol. The summed E-state index contributed by atoms with van der Waals surface area (Å²) in [5, 5.41) is -0.306. The largest absolute Gasteiger partial charge is 0.451 e. The van der Waals surface area contributed by atoms with E-state index in [9.17, 15) is 13.2 Å². The lowest BCUT2D eigenvalue weighted by atomic mass is 10.1. The maximum absolute atomic E-state index is 12.8. The predicted molar refractivity (Wildman–Crippen MR) is 75.6 cm³/mol. The lowest BCUT2D eigenvalue weighted by Gasteiger charge is -2.08. The van der Waals surface area contributed by atoms with Gasteiger partial charge in [0.25, 0.3) is 0 Å². The number of aromatic nitrogens is 4. The minimum Gasteiger partial charge on any atom is -0.311 e. The van der Waals surface area contributed by atoms with Gasteiger partial charge in [-0.25, -0.2) is 15.0 Å². The Morgan fingerprint density at radius 2 is 1.82 bits per heavy atom. The number of rotatable bonds is 2. The first-order valence-corrected chi connectivity index (χ1v) is 6.73. The van der Waals surface area contributed by atoms with Gasteiger partial charge in [-0.15, -0.1) is 0 Å². The molecule has 4 nitrogen and oxygen atoms in total. The molecule has 0 bridgehead atoms. The number of hydrogen-bond donors (Lipinski definition) is 0. The highest BCUT2D eigenvalue weighted by Crippen LogP contribution is 2.29. The van der Waals surface area contributed by atoms with E-state index in [1.807, 2.05) is 31.2 Å². The Morgan fingerprint density at radius 3 is 2.45 bits per heavy atom. The Bertz CT molecular complexity index is 824. The molecule has 0 aliphatic rings. The second-order valence-electron chi connectivity index (χ2n) is 4.87. The van der Waals surface area contributed by atoms with Crippen molar-refractivity contribution in [3.63, 3.8) is 0 Å². The summed E-state index contributed by atoms with van der Waals surface area (Å²) < 4.78 is 39.9. The van der Waals surface area contributed by atoms with E-state index in [0.717, 1.165) is 11.1 Å². The zero-order valence-corrected chi connectivity index (χ0v) is 12.2. The van der Waals surface area contributed by atoms with Crippen LogP contribution >= 0.6 is 11.6 Å². The molecular formula is C14H10ClF3N4. The maximum atomic E-state index is 12.8. The lowest BCUT2D eigenvalue weighted by molar-refractivity contribution is -0.144. The molecule has 2 aromatic heterocycles. The Balaban J connectivity index is 2.06. The van der Waals surface area contributed by atoms with Gasteiger partial charge in [0.2, 0.25) is 5.82 Å². The third kappa shape index (κ3) is 2.76. The van der Waals surface area contributed by atoms with Crippen molar-refractivity contribution in [1.82, 2.24) is 19.5 Å². The van der Waals surface area contributed by atoms with Crippen molar-refractivity contribution in [1.29, 1.82) is 0 Å². The second kappa shape index (κ2) is 5.24. The van der Waals surface area contributed by atoms with E-state index >= 15 is 0 Å². The third-order valence-electron chi connectivity index (χ3n) is 3.15. The van der Waals surface area contributed by atoms with Crippen LogP contribution in [0.3, 0.4) is 0 Å². The standard InChI is InChI=1S/C14H10ClF3N4/c1-8-2-4-9(5-3-8)6-22-7-19-10-11(15)20-13(14(16,17)18)21-12(10)22/h2-5,7H,6H2,1H3. The van der Waals surface area contributed by atoms with E-state index in [-0.39, 0.29) is 16.3 Å². The highest BCUT2D eigenvalue weighted by Gasteiger charge is 2.36. The SMILES string of the molecule is Cc1ccc(Cn2cnc3c(Cl)nc(C(F)(F)F)nc32)cc1. The Morgan fingerprint density at radius 1 is 1.14 bits per heavy atom. The van der Waals surface area contributed by atoms with Crippen molar-refractivity contribution in [3.05, 3.63) is 52.7 Å². The molecule has 2 heterocycles. The minimum absolute atomic E-state index is 0.0629. The predicted octanol–water partition coefficient (Wildman–Crippen LogP) is 3.86. The fraction of sp³-hybridized carbons (Fsp3) is 0.214. The molecule has 0 radical (unpaired) electrons. The summed E-state index contributed by atoms with van der Waals surface area (Å²) in [5.41, 5.74) is 2.24. The zero-order chi connectivity index (χ0) is 15.9. The number of fused-ring (bicyclic) bond motifs is 1. The van der Waals surface area contributed by atoms with Gasteiger partial charge in [-0.05, 0) is 12.5 Å². The summed E-state index contributed by atoms with van der Waals surface area (Å²) in [7, 11) is 0. The Kier molecular flexibility index (Phi) is 3.52. The Labute approximate surface area is 128 Å². The molecule has 0 N–H and O–H groups in total. The molecule has 0 amide bonds. The van der Waals surface area contributed by atoms with Crippen LogP contribution in [0.4, 0.5) is 13.2 Å². The average Bonchev–Trinajstić information content (AvgIpc) is 2.84. The summed E-state index contributed by atoms with van der Waals surface area (Å²) in [6.45, 7) is 2.31. The van der Waals surface area contributed by atoms with Crippen LogP contribution in [0.2, 0.25) is 5.15 Å². The molecule has 114 valence electrons. The van der Waals surface area contributed by atoms with E-state index < -0.39 is 12.0 Å². The number of halogens is 4. The van der Waals surface area contributed by atoms with Crippen molar-refractivity contribution >= 4 is 22.8 Å². The van der Waals surface area contributed by atoms with Crippen LogP contribution in [-0.2, 0) is 12.7 Å². The molecule has 0 spiro atoms. The molecule has 0 aliphatic heterocycles. The molecular weight excluding hydrogens is 317 g/mol. The highest BCUT2D eigenvalue weighted by molar-refractivity contribution is 6.33. The molecule has 1 aromatic carbocycles. The quantitative estimate of drug-likeness (QED) is 0.672. The summed E-state index contributed by atoms with van der Waals surface area (Å²) in [6, 6.07) is 7.65. The van der Waals surface area contributed by atoms with Gasteiger partial charge in [-0.1, -0.05) is 41.4 Å². The van der Waals surface area contributed by atoms with E-state index in [1.165, 1.54) is 10.9 Å². The van der Waals surface area contributed by atoms with Gasteiger partial charge in [-0.3, -0.25) is 0 Å².